The van der Waals surface area contributed by atoms with Gasteiger partial charge in [-0.2, -0.15) is 0 Å². The third-order valence-electron chi connectivity index (χ3n) is 2.13. The van der Waals surface area contributed by atoms with Gasteiger partial charge in [-0.05, 0) is 13.0 Å². The molecule has 0 spiro atoms. The Hall–Kier alpha value is 0.360. The molecule has 1 aliphatic rings. The van der Waals surface area contributed by atoms with Gasteiger partial charge in [0.15, 0.2) is 0 Å². The highest BCUT2D eigenvalue weighted by molar-refractivity contribution is 7.85. The van der Waals surface area contributed by atoms with Crippen molar-refractivity contribution in [2.24, 2.45) is 0 Å². The summed E-state index contributed by atoms with van der Waals surface area (Å²) in [5, 5.41) is 9.32. The minimum absolute atomic E-state index is 0.277. The van der Waals surface area contributed by atoms with Gasteiger partial charge in [-0.15, -0.1) is 11.6 Å². The van der Waals surface area contributed by atoms with E-state index in [4.69, 9.17) is 11.6 Å². The average Bonchev–Trinajstić information content (AvgIpc) is 2.31. The normalized spacial score (nSPS) is 28.3. The van der Waals surface area contributed by atoms with E-state index in [1.807, 2.05) is 0 Å². The van der Waals surface area contributed by atoms with Crippen molar-refractivity contribution in [3.05, 3.63) is 0 Å². The second kappa shape index (κ2) is 5.96. The second-order valence-corrected chi connectivity index (χ2v) is 5.32. The van der Waals surface area contributed by atoms with Crippen LogP contribution in [0.1, 0.15) is 6.42 Å². The third kappa shape index (κ3) is 4.40. The van der Waals surface area contributed by atoms with Gasteiger partial charge in [0, 0.05) is 41.3 Å². The number of aliphatic hydroxyl groups is 1. The molecule has 1 heterocycles. The molecule has 2 atom stereocenters. The van der Waals surface area contributed by atoms with Crippen molar-refractivity contribution in [2.75, 3.05) is 37.0 Å². The third-order valence-corrected chi connectivity index (χ3v) is 3.87. The zero-order valence-corrected chi connectivity index (χ0v) is 9.19. The van der Waals surface area contributed by atoms with Crippen LogP contribution in [0.5, 0.6) is 0 Å². The fourth-order valence-electron chi connectivity index (χ4n) is 1.42. The molecule has 0 aromatic heterocycles. The molecule has 1 fully saturated rings. The molecule has 0 amide bonds. The van der Waals surface area contributed by atoms with Gasteiger partial charge in [0.2, 0.25) is 0 Å². The minimum atomic E-state index is -0.651. The Kier molecular flexibility index (Phi) is 5.24. The van der Waals surface area contributed by atoms with Gasteiger partial charge >= 0.3 is 0 Å². The van der Waals surface area contributed by atoms with Crippen molar-refractivity contribution in [1.29, 1.82) is 0 Å². The van der Waals surface area contributed by atoms with Gasteiger partial charge in [-0.1, -0.05) is 0 Å². The van der Waals surface area contributed by atoms with Crippen LogP contribution in [0, 0.1) is 0 Å². The Labute approximate surface area is 86.5 Å². The predicted molar refractivity (Wildman–Crippen MR) is 55.7 cm³/mol. The number of β-amino-alcohol motifs (C(OH)–C–C–N with tert-alkyl or cyclic N) is 1. The van der Waals surface area contributed by atoms with Crippen LogP contribution in [0.3, 0.4) is 0 Å². The number of rotatable bonds is 3. The number of halogens is 1. The Morgan fingerprint density at radius 3 is 2.92 bits per heavy atom. The largest absolute Gasteiger partial charge is 0.391 e. The molecule has 2 unspecified atom stereocenters. The quantitative estimate of drug-likeness (QED) is 0.690. The van der Waals surface area contributed by atoms with Crippen molar-refractivity contribution >= 4 is 22.4 Å². The molecular formula is C8H16ClNO2S. The Bertz CT molecular complexity index is 180. The summed E-state index contributed by atoms with van der Waals surface area (Å²) >= 11 is 5.50. The summed E-state index contributed by atoms with van der Waals surface area (Å²) in [6.45, 7) is 2.36. The maximum Gasteiger partial charge on any atom is 0.0802 e. The lowest BCUT2D eigenvalue weighted by Crippen LogP contribution is -2.35. The van der Waals surface area contributed by atoms with Crippen LogP contribution in [-0.2, 0) is 10.8 Å². The molecule has 0 radical (unpaired) electrons. The van der Waals surface area contributed by atoms with Gasteiger partial charge in [0.05, 0.1) is 6.10 Å². The van der Waals surface area contributed by atoms with E-state index in [-0.39, 0.29) is 5.88 Å². The van der Waals surface area contributed by atoms with Crippen LogP contribution in [0.25, 0.3) is 0 Å². The molecule has 1 rings (SSSR count). The monoisotopic (exact) mass is 225 g/mol. The van der Waals surface area contributed by atoms with E-state index in [0.717, 1.165) is 31.0 Å². The molecule has 0 saturated carbocycles. The Balaban J connectivity index is 2.29. The van der Waals surface area contributed by atoms with Crippen LogP contribution in [-0.4, -0.2) is 57.3 Å². The van der Waals surface area contributed by atoms with E-state index < -0.39 is 16.9 Å². The molecule has 0 aliphatic carbocycles. The predicted octanol–water partition coefficient (Wildman–Crippen LogP) is 0.0405. The Morgan fingerprint density at radius 1 is 1.46 bits per heavy atom. The number of hydrogen-bond donors (Lipinski definition) is 1. The Morgan fingerprint density at radius 2 is 2.23 bits per heavy atom. The summed E-state index contributed by atoms with van der Waals surface area (Å²) in [5.74, 6) is 1.81. The van der Waals surface area contributed by atoms with Gasteiger partial charge in [0.25, 0.3) is 0 Å². The lowest BCUT2D eigenvalue weighted by atomic mass is 10.3. The van der Waals surface area contributed by atoms with Crippen LogP contribution in [0.15, 0.2) is 0 Å². The molecule has 1 aliphatic heterocycles. The lowest BCUT2D eigenvalue weighted by Gasteiger charge is -2.21. The second-order valence-electron chi connectivity index (χ2n) is 3.31. The molecule has 78 valence electrons. The first-order valence-electron chi connectivity index (χ1n) is 4.53. The highest BCUT2D eigenvalue weighted by Crippen LogP contribution is 2.03. The highest BCUT2D eigenvalue weighted by atomic mass is 35.5. The van der Waals surface area contributed by atoms with Gasteiger partial charge in [-0.3, -0.25) is 9.11 Å². The summed E-state index contributed by atoms with van der Waals surface area (Å²) in [6.07, 6.45) is 0.509. The fourth-order valence-corrected chi connectivity index (χ4v) is 2.64. The van der Waals surface area contributed by atoms with Crippen LogP contribution in [0.2, 0.25) is 0 Å². The zero-order valence-electron chi connectivity index (χ0n) is 7.62. The van der Waals surface area contributed by atoms with E-state index in [1.165, 1.54) is 0 Å². The lowest BCUT2D eigenvalue weighted by molar-refractivity contribution is 0.134. The molecule has 0 aromatic carbocycles. The topological polar surface area (TPSA) is 40.5 Å². The number of nitrogens with zero attached hydrogens (tertiary/aromatic N) is 1. The summed E-state index contributed by atoms with van der Waals surface area (Å²) in [6, 6.07) is 0. The van der Waals surface area contributed by atoms with Crippen molar-refractivity contribution in [1.82, 2.24) is 4.90 Å². The SMILES string of the molecule is O=S1CCCN(CC(O)CCl)CC1. The van der Waals surface area contributed by atoms with E-state index in [0.29, 0.717) is 6.54 Å². The highest BCUT2D eigenvalue weighted by Gasteiger charge is 2.15. The molecule has 13 heavy (non-hydrogen) atoms. The molecule has 1 saturated heterocycles. The standard InChI is InChI=1S/C8H16ClNO2S/c9-6-8(11)7-10-2-1-4-13(12)5-3-10/h8,11H,1-7H2. The van der Waals surface area contributed by atoms with Gasteiger partial charge < -0.3 is 5.11 Å². The van der Waals surface area contributed by atoms with Crippen molar-refractivity contribution < 1.29 is 9.32 Å². The molecular weight excluding hydrogens is 210 g/mol. The summed E-state index contributed by atoms with van der Waals surface area (Å²) in [7, 11) is -0.651. The minimum Gasteiger partial charge on any atom is -0.391 e. The zero-order chi connectivity index (χ0) is 9.68. The van der Waals surface area contributed by atoms with E-state index in [9.17, 15) is 9.32 Å². The number of alkyl halides is 1. The van der Waals surface area contributed by atoms with Crippen LogP contribution >= 0.6 is 11.6 Å². The maximum atomic E-state index is 11.2. The smallest absolute Gasteiger partial charge is 0.0802 e. The molecule has 3 nitrogen and oxygen atoms in total. The molecule has 0 aromatic rings. The molecule has 0 bridgehead atoms. The summed E-state index contributed by atoms with van der Waals surface area (Å²) in [5.41, 5.74) is 0. The molecule has 5 heteroatoms. The summed E-state index contributed by atoms with van der Waals surface area (Å²) in [4.78, 5) is 2.14. The first-order valence-corrected chi connectivity index (χ1v) is 6.56. The van der Waals surface area contributed by atoms with Crippen LogP contribution in [0.4, 0.5) is 0 Å². The van der Waals surface area contributed by atoms with Crippen molar-refractivity contribution in [2.45, 2.75) is 12.5 Å². The van der Waals surface area contributed by atoms with E-state index in [1.54, 1.807) is 0 Å². The first kappa shape index (κ1) is 11.4. The van der Waals surface area contributed by atoms with E-state index >= 15 is 0 Å². The molecule has 1 N–H and O–H groups in total. The summed E-state index contributed by atoms with van der Waals surface area (Å²) < 4.78 is 11.2. The van der Waals surface area contributed by atoms with Gasteiger partial charge in [-0.25, -0.2) is 0 Å². The van der Waals surface area contributed by atoms with Crippen LogP contribution < -0.4 is 0 Å². The first-order chi connectivity index (χ1) is 6.22. The van der Waals surface area contributed by atoms with Gasteiger partial charge in [0.1, 0.15) is 0 Å². The van der Waals surface area contributed by atoms with Crippen molar-refractivity contribution in [3.8, 4) is 0 Å². The van der Waals surface area contributed by atoms with E-state index in [2.05, 4.69) is 4.90 Å². The fraction of sp³-hybridized carbons (Fsp3) is 1.00. The maximum absolute atomic E-state index is 11.2. The average molecular weight is 226 g/mol. The number of aliphatic hydroxyl groups excluding tert-OH is 1. The van der Waals surface area contributed by atoms with Crippen molar-refractivity contribution in [3.63, 3.8) is 0 Å². The number of hydrogen-bond acceptors (Lipinski definition) is 3.